The van der Waals surface area contributed by atoms with Gasteiger partial charge in [0.2, 0.25) is 0 Å². The molecule has 5 nitrogen and oxygen atoms in total. The van der Waals surface area contributed by atoms with E-state index >= 15 is 0 Å². The van der Waals surface area contributed by atoms with Gasteiger partial charge in [0.15, 0.2) is 0 Å². The number of carbonyl (C=O) groups is 1. The Morgan fingerprint density at radius 1 is 1.15 bits per heavy atom. The molecule has 3 rings (SSSR count). The van der Waals surface area contributed by atoms with Crippen molar-refractivity contribution >= 4 is 17.3 Å². The number of nitrogens with zero attached hydrogens (tertiary/aromatic N) is 1. The molecule has 0 fully saturated rings. The summed E-state index contributed by atoms with van der Waals surface area (Å²) in [5, 5.41) is 21.7. The van der Waals surface area contributed by atoms with Crippen LogP contribution < -0.4 is 0 Å². The van der Waals surface area contributed by atoms with Gasteiger partial charge in [0.05, 0.1) is 5.69 Å². The highest BCUT2D eigenvalue weighted by atomic mass is 32.1. The Kier molecular flexibility index (Phi) is 5.23. The lowest BCUT2D eigenvalue weighted by molar-refractivity contribution is 0.0465. The third-order valence-corrected chi connectivity index (χ3v) is 4.87. The first kappa shape index (κ1) is 17.9. The molecule has 26 heavy (non-hydrogen) atoms. The van der Waals surface area contributed by atoms with E-state index in [9.17, 15) is 15.0 Å². The highest BCUT2D eigenvalue weighted by Crippen LogP contribution is 2.27. The predicted molar refractivity (Wildman–Crippen MR) is 101 cm³/mol. The van der Waals surface area contributed by atoms with Crippen molar-refractivity contribution in [2.75, 3.05) is 0 Å². The number of aromatic nitrogens is 1. The van der Waals surface area contributed by atoms with E-state index in [1.165, 1.54) is 29.0 Å². The Morgan fingerprint density at radius 3 is 2.54 bits per heavy atom. The summed E-state index contributed by atoms with van der Waals surface area (Å²) in [4.78, 5) is 16.5. The second kappa shape index (κ2) is 7.58. The summed E-state index contributed by atoms with van der Waals surface area (Å²) >= 11 is 1.48. The van der Waals surface area contributed by atoms with Crippen molar-refractivity contribution in [1.82, 2.24) is 4.98 Å². The van der Waals surface area contributed by atoms with Crippen molar-refractivity contribution in [3.8, 4) is 22.1 Å². The van der Waals surface area contributed by atoms with Crippen LogP contribution in [0, 0.1) is 0 Å². The first-order valence-corrected chi connectivity index (χ1v) is 9.06. The molecule has 0 saturated carbocycles. The van der Waals surface area contributed by atoms with Gasteiger partial charge in [0.1, 0.15) is 28.7 Å². The number of phenolic OH excluding ortho intramolecular Hbond substituents is 2. The molecule has 0 aliphatic rings. The molecule has 2 N–H and O–H groups in total. The van der Waals surface area contributed by atoms with E-state index < -0.39 is 5.97 Å². The fraction of sp³-hybridized carbons (Fsp3) is 0.200. The van der Waals surface area contributed by atoms with Gasteiger partial charge in [-0.05, 0) is 23.6 Å². The molecule has 6 heteroatoms. The van der Waals surface area contributed by atoms with Crippen LogP contribution in [0.4, 0.5) is 0 Å². The SMILES string of the molecule is CC(C)c1ccc(-c2nc(COC(=O)c3ccc(O)cc3O)cs2)cc1. The zero-order chi connectivity index (χ0) is 18.7. The number of rotatable bonds is 5. The van der Waals surface area contributed by atoms with Crippen molar-refractivity contribution in [2.24, 2.45) is 0 Å². The summed E-state index contributed by atoms with van der Waals surface area (Å²) in [5.74, 6) is -0.629. The maximum atomic E-state index is 12.0. The number of esters is 1. The topological polar surface area (TPSA) is 79.7 Å². The molecule has 0 atom stereocenters. The maximum Gasteiger partial charge on any atom is 0.342 e. The van der Waals surface area contributed by atoms with E-state index in [4.69, 9.17) is 4.74 Å². The Balaban J connectivity index is 1.66. The Bertz CT molecular complexity index is 916. The van der Waals surface area contributed by atoms with Crippen LogP contribution >= 0.6 is 11.3 Å². The third-order valence-electron chi connectivity index (χ3n) is 3.93. The van der Waals surface area contributed by atoms with Crippen LogP contribution in [0.5, 0.6) is 11.5 Å². The number of aromatic hydroxyl groups is 2. The summed E-state index contributed by atoms with van der Waals surface area (Å²) in [5.41, 5.74) is 2.94. The van der Waals surface area contributed by atoms with Gasteiger partial charge >= 0.3 is 5.97 Å². The Morgan fingerprint density at radius 2 is 1.88 bits per heavy atom. The van der Waals surface area contributed by atoms with Crippen molar-refractivity contribution in [3.05, 3.63) is 64.7 Å². The first-order valence-electron chi connectivity index (χ1n) is 8.18. The molecule has 0 aliphatic heterocycles. The number of hydrogen-bond acceptors (Lipinski definition) is 6. The largest absolute Gasteiger partial charge is 0.508 e. The zero-order valence-corrected chi connectivity index (χ0v) is 15.3. The molecule has 0 amide bonds. The molecule has 0 unspecified atom stereocenters. The van der Waals surface area contributed by atoms with Gasteiger partial charge in [-0.25, -0.2) is 9.78 Å². The van der Waals surface area contributed by atoms with Crippen LogP contribution in [0.15, 0.2) is 47.8 Å². The van der Waals surface area contributed by atoms with Gasteiger partial charge in [0.25, 0.3) is 0 Å². The molecule has 0 saturated heterocycles. The molecule has 3 aromatic rings. The minimum atomic E-state index is -0.668. The molecule has 1 heterocycles. The van der Waals surface area contributed by atoms with Crippen LogP contribution in [-0.4, -0.2) is 21.2 Å². The Labute approximate surface area is 155 Å². The monoisotopic (exact) mass is 369 g/mol. The van der Waals surface area contributed by atoms with Crippen molar-refractivity contribution in [1.29, 1.82) is 0 Å². The van der Waals surface area contributed by atoms with Gasteiger partial charge in [-0.15, -0.1) is 11.3 Å². The molecule has 0 bridgehead atoms. The molecule has 0 radical (unpaired) electrons. The lowest BCUT2D eigenvalue weighted by Crippen LogP contribution is -2.05. The van der Waals surface area contributed by atoms with Crippen LogP contribution in [0.1, 0.15) is 41.4 Å². The molecule has 0 spiro atoms. The summed E-state index contributed by atoms with van der Waals surface area (Å²) in [7, 11) is 0. The van der Waals surface area contributed by atoms with Gasteiger partial charge < -0.3 is 14.9 Å². The lowest BCUT2D eigenvalue weighted by atomic mass is 10.0. The van der Waals surface area contributed by atoms with Crippen LogP contribution in [-0.2, 0) is 11.3 Å². The second-order valence-electron chi connectivity index (χ2n) is 6.20. The quantitative estimate of drug-likeness (QED) is 0.637. The smallest absolute Gasteiger partial charge is 0.342 e. The minimum Gasteiger partial charge on any atom is -0.508 e. The summed E-state index contributed by atoms with van der Waals surface area (Å²) < 4.78 is 5.20. The zero-order valence-electron chi connectivity index (χ0n) is 14.5. The van der Waals surface area contributed by atoms with E-state index in [1.807, 2.05) is 17.5 Å². The molecular formula is C20H19NO4S. The van der Waals surface area contributed by atoms with Gasteiger partial charge in [-0.2, -0.15) is 0 Å². The molecule has 0 aliphatic carbocycles. The highest BCUT2D eigenvalue weighted by Gasteiger charge is 2.14. The average Bonchev–Trinajstić information content (AvgIpc) is 3.09. The first-order chi connectivity index (χ1) is 12.4. The standard InChI is InChI=1S/C20H19NO4S/c1-12(2)13-3-5-14(6-4-13)19-21-15(11-26-19)10-25-20(24)17-8-7-16(22)9-18(17)23/h3-9,11-12,22-23H,10H2,1-2H3. The van der Waals surface area contributed by atoms with E-state index in [1.54, 1.807) is 0 Å². The molecule has 2 aromatic carbocycles. The number of benzene rings is 2. The van der Waals surface area contributed by atoms with E-state index in [-0.39, 0.29) is 23.7 Å². The third kappa shape index (κ3) is 4.03. The number of thiazole rings is 1. The lowest BCUT2D eigenvalue weighted by Gasteiger charge is -2.06. The van der Waals surface area contributed by atoms with E-state index in [0.29, 0.717) is 11.6 Å². The van der Waals surface area contributed by atoms with Gasteiger partial charge in [-0.3, -0.25) is 0 Å². The number of carbonyl (C=O) groups excluding carboxylic acids is 1. The maximum absolute atomic E-state index is 12.0. The van der Waals surface area contributed by atoms with E-state index in [2.05, 4.69) is 31.0 Å². The number of ether oxygens (including phenoxy) is 1. The van der Waals surface area contributed by atoms with Crippen molar-refractivity contribution in [3.63, 3.8) is 0 Å². The Hall–Kier alpha value is -2.86. The summed E-state index contributed by atoms with van der Waals surface area (Å²) in [6, 6.07) is 12.0. The highest BCUT2D eigenvalue weighted by molar-refractivity contribution is 7.13. The normalized spacial score (nSPS) is 10.9. The molecular weight excluding hydrogens is 350 g/mol. The summed E-state index contributed by atoms with van der Waals surface area (Å²) in [6.07, 6.45) is 0. The number of phenols is 2. The van der Waals surface area contributed by atoms with Crippen molar-refractivity contribution < 1.29 is 19.7 Å². The second-order valence-corrected chi connectivity index (χ2v) is 7.06. The van der Waals surface area contributed by atoms with Crippen LogP contribution in [0.2, 0.25) is 0 Å². The average molecular weight is 369 g/mol. The van der Waals surface area contributed by atoms with Crippen molar-refractivity contribution in [2.45, 2.75) is 26.4 Å². The summed E-state index contributed by atoms with van der Waals surface area (Å²) in [6.45, 7) is 4.31. The van der Waals surface area contributed by atoms with Crippen LogP contribution in [0.25, 0.3) is 10.6 Å². The van der Waals surface area contributed by atoms with Gasteiger partial charge in [-0.1, -0.05) is 38.1 Å². The van der Waals surface area contributed by atoms with Gasteiger partial charge in [0, 0.05) is 17.0 Å². The molecule has 134 valence electrons. The van der Waals surface area contributed by atoms with Crippen LogP contribution in [0.3, 0.4) is 0 Å². The predicted octanol–water partition coefficient (Wildman–Crippen LogP) is 4.70. The fourth-order valence-corrected chi connectivity index (χ4v) is 3.24. The fourth-order valence-electron chi connectivity index (χ4n) is 2.43. The minimum absolute atomic E-state index is 0.00234. The van der Waals surface area contributed by atoms with E-state index in [0.717, 1.165) is 16.6 Å². The molecule has 1 aromatic heterocycles. The number of hydrogen-bond donors (Lipinski definition) is 2.